The molecule has 1 aromatic carbocycles. The lowest BCUT2D eigenvalue weighted by Crippen LogP contribution is -2.15. The van der Waals surface area contributed by atoms with Gasteiger partial charge in [0.2, 0.25) is 0 Å². The summed E-state index contributed by atoms with van der Waals surface area (Å²) in [5, 5.41) is 7.40. The summed E-state index contributed by atoms with van der Waals surface area (Å²) in [6.45, 7) is 1.87. The van der Waals surface area contributed by atoms with Gasteiger partial charge in [0.05, 0.1) is 24.0 Å². The predicted octanol–water partition coefficient (Wildman–Crippen LogP) is 2.95. The van der Waals surface area contributed by atoms with Gasteiger partial charge in [0.15, 0.2) is 5.65 Å². The number of aromatic nitrogens is 3. The Kier molecular flexibility index (Phi) is 3.68. The first-order valence-electron chi connectivity index (χ1n) is 6.55. The van der Waals surface area contributed by atoms with Gasteiger partial charge in [-0.05, 0) is 37.3 Å². The number of amides is 1. The first kappa shape index (κ1) is 14.3. The third kappa shape index (κ3) is 2.73. The highest BCUT2D eigenvalue weighted by Gasteiger charge is 2.11. The van der Waals surface area contributed by atoms with Crippen LogP contribution in [0.1, 0.15) is 16.2 Å². The van der Waals surface area contributed by atoms with Crippen molar-refractivity contribution in [2.24, 2.45) is 0 Å². The molecule has 0 aliphatic heterocycles. The molecule has 22 heavy (non-hydrogen) atoms. The number of methoxy groups -OCH3 is 1. The molecule has 0 aliphatic rings. The summed E-state index contributed by atoms with van der Waals surface area (Å²) < 4.78 is 6.65. The molecular weight excluding hydrogens is 304 g/mol. The van der Waals surface area contributed by atoms with E-state index in [1.807, 2.05) is 6.92 Å². The lowest BCUT2D eigenvalue weighted by atomic mass is 10.3. The molecule has 0 fully saturated rings. The molecule has 0 bridgehead atoms. The van der Waals surface area contributed by atoms with Crippen LogP contribution in [0.4, 0.5) is 5.69 Å². The number of nitrogens with one attached hydrogen (secondary N) is 1. The lowest BCUT2D eigenvalue weighted by molar-refractivity contribution is 0.102. The van der Waals surface area contributed by atoms with Crippen molar-refractivity contribution in [3.05, 3.63) is 52.9 Å². The fourth-order valence-corrected chi connectivity index (χ4v) is 2.32. The van der Waals surface area contributed by atoms with Crippen molar-refractivity contribution in [3.8, 4) is 5.75 Å². The van der Waals surface area contributed by atoms with E-state index in [0.717, 1.165) is 5.69 Å². The molecule has 3 rings (SSSR count). The summed E-state index contributed by atoms with van der Waals surface area (Å²) in [5.74, 6) is 0.225. The highest BCUT2D eigenvalue weighted by atomic mass is 35.5. The highest BCUT2D eigenvalue weighted by Crippen LogP contribution is 2.27. The van der Waals surface area contributed by atoms with Crippen molar-refractivity contribution in [1.82, 2.24) is 14.6 Å². The monoisotopic (exact) mass is 316 g/mol. The molecule has 2 heterocycles. The summed E-state index contributed by atoms with van der Waals surface area (Å²) in [6, 6.07) is 8.40. The van der Waals surface area contributed by atoms with E-state index < -0.39 is 0 Å². The van der Waals surface area contributed by atoms with Gasteiger partial charge in [-0.25, -0.2) is 9.50 Å². The van der Waals surface area contributed by atoms with Crippen LogP contribution < -0.4 is 10.1 Å². The van der Waals surface area contributed by atoms with Gasteiger partial charge < -0.3 is 10.1 Å². The maximum absolute atomic E-state index is 12.2. The summed E-state index contributed by atoms with van der Waals surface area (Å²) in [6.07, 6.45) is 1.76. The Morgan fingerprint density at radius 3 is 2.86 bits per heavy atom. The van der Waals surface area contributed by atoms with Gasteiger partial charge in [0, 0.05) is 5.69 Å². The summed E-state index contributed by atoms with van der Waals surface area (Å²) in [5.41, 5.74) is 2.39. The number of fused-ring (bicyclic) bond motifs is 1. The average Bonchev–Trinajstić information content (AvgIpc) is 2.86. The SMILES string of the molecule is COc1ccc(NC(=O)c2ccc3nc(C)cn3n2)cc1Cl. The van der Waals surface area contributed by atoms with E-state index in [1.54, 1.807) is 41.0 Å². The van der Waals surface area contributed by atoms with E-state index in [0.29, 0.717) is 22.1 Å². The van der Waals surface area contributed by atoms with E-state index in [2.05, 4.69) is 15.4 Å². The van der Waals surface area contributed by atoms with Crippen molar-refractivity contribution in [3.63, 3.8) is 0 Å². The second kappa shape index (κ2) is 5.65. The fraction of sp³-hybridized carbons (Fsp3) is 0.133. The van der Waals surface area contributed by atoms with Crippen LogP contribution in [0, 0.1) is 6.92 Å². The molecule has 0 unspecified atom stereocenters. The Balaban J connectivity index is 1.84. The number of imidazole rings is 1. The van der Waals surface area contributed by atoms with Gasteiger partial charge in [-0.15, -0.1) is 0 Å². The first-order valence-corrected chi connectivity index (χ1v) is 6.92. The fourth-order valence-electron chi connectivity index (χ4n) is 2.06. The van der Waals surface area contributed by atoms with Gasteiger partial charge in [-0.1, -0.05) is 11.6 Å². The summed E-state index contributed by atoms with van der Waals surface area (Å²) in [4.78, 5) is 16.5. The molecule has 0 atom stereocenters. The zero-order chi connectivity index (χ0) is 15.7. The van der Waals surface area contributed by atoms with Crippen LogP contribution >= 0.6 is 11.6 Å². The quantitative estimate of drug-likeness (QED) is 0.806. The smallest absolute Gasteiger partial charge is 0.276 e. The molecule has 0 saturated carbocycles. The van der Waals surface area contributed by atoms with E-state index in [4.69, 9.17) is 16.3 Å². The van der Waals surface area contributed by atoms with Crippen molar-refractivity contribution in [2.45, 2.75) is 6.92 Å². The number of nitrogens with zero attached hydrogens (tertiary/aromatic N) is 3. The Morgan fingerprint density at radius 1 is 1.32 bits per heavy atom. The lowest BCUT2D eigenvalue weighted by Gasteiger charge is -2.07. The Labute approximate surface area is 131 Å². The van der Waals surface area contributed by atoms with E-state index in [-0.39, 0.29) is 11.6 Å². The zero-order valence-electron chi connectivity index (χ0n) is 12.0. The number of carbonyl (C=O) groups is 1. The molecule has 0 radical (unpaired) electrons. The van der Waals surface area contributed by atoms with Crippen LogP contribution in [-0.4, -0.2) is 27.6 Å². The summed E-state index contributed by atoms with van der Waals surface area (Å²) in [7, 11) is 1.53. The molecule has 2 aromatic heterocycles. The van der Waals surface area contributed by atoms with Crippen molar-refractivity contribution in [1.29, 1.82) is 0 Å². The highest BCUT2D eigenvalue weighted by molar-refractivity contribution is 6.32. The van der Waals surface area contributed by atoms with Crippen LogP contribution in [0.25, 0.3) is 5.65 Å². The summed E-state index contributed by atoms with van der Waals surface area (Å²) >= 11 is 6.04. The number of hydrogen-bond acceptors (Lipinski definition) is 4. The second-order valence-electron chi connectivity index (χ2n) is 4.71. The van der Waals surface area contributed by atoms with E-state index in [1.165, 1.54) is 7.11 Å². The molecule has 6 nitrogen and oxygen atoms in total. The van der Waals surface area contributed by atoms with E-state index in [9.17, 15) is 4.79 Å². The van der Waals surface area contributed by atoms with Crippen LogP contribution in [-0.2, 0) is 0 Å². The normalized spacial score (nSPS) is 10.7. The Bertz CT molecular complexity index is 860. The van der Waals surface area contributed by atoms with E-state index >= 15 is 0 Å². The molecule has 1 N–H and O–H groups in total. The minimum absolute atomic E-state index is 0.289. The molecule has 0 aliphatic carbocycles. The first-order chi connectivity index (χ1) is 10.6. The third-order valence-corrected chi connectivity index (χ3v) is 3.38. The molecule has 0 saturated heterocycles. The van der Waals surface area contributed by atoms with Gasteiger partial charge in [0.1, 0.15) is 11.4 Å². The maximum Gasteiger partial charge on any atom is 0.276 e. The number of carbonyl (C=O) groups excluding carboxylic acids is 1. The number of halogens is 1. The zero-order valence-corrected chi connectivity index (χ0v) is 12.8. The Hall–Kier alpha value is -2.60. The predicted molar refractivity (Wildman–Crippen MR) is 83.7 cm³/mol. The van der Waals surface area contributed by atoms with Crippen molar-refractivity contribution < 1.29 is 9.53 Å². The molecule has 7 heteroatoms. The molecule has 0 spiro atoms. The van der Waals surface area contributed by atoms with Gasteiger partial charge in [0.25, 0.3) is 5.91 Å². The van der Waals surface area contributed by atoms with Crippen LogP contribution in [0.5, 0.6) is 5.75 Å². The largest absolute Gasteiger partial charge is 0.495 e. The standard InChI is InChI=1S/C15H13ClN4O2/c1-9-8-20-14(17-9)6-4-12(19-20)15(21)18-10-3-5-13(22-2)11(16)7-10/h3-8H,1-2H3,(H,18,21). The molecule has 3 aromatic rings. The molecule has 1 amide bonds. The maximum atomic E-state index is 12.2. The van der Waals surface area contributed by atoms with Crippen molar-refractivity contribution in [2.75, 3.05) is 12.4 Å². The molecule has 112 valence electrons. The van der Waals surface area contributed by atoms with Crippen LogP contribution in [0.2, 0.25) is 5.02 Å². The van der Waals surface area contributed by atoms with Crippen LogP contribution in [0.15, 0.2) is 36.5 Å². The number of anilines is 1. The topological polar surface area (TPSA) is 68.5 Å². The van der Waals surface area contributed by atoms with Gasteiger partial charge in [-0.2, -0.15) is 5.10 Å². The third-order valence-electron chi connectivity index (χ3n) is 3.08. The Morgan fingerprint density at radius 2 is 2.14 bits per heavy atom. The van der Waals surface area contributed by atoms with Crippen molar-refractivity contribution >= 4 is 28.8 Å². The average molecular weight is 317 g/mol. The number of benzene rings is 1. The number of ether oxygens (including phenoxy) is 1. The van der Waals surface area contributed by atoms with Crippen LogP contribution in [0.3, 0.4) is 0 Å². The number of hydrogen-bond donors (Lipinski definition) is 1. The minimum atomic E-state index is -0.325. The second-order valence-corrected chi connectivity index (χ2v) is 5.11. The number of aryl methyl sites for hydroxylation is 1. The number of rotatable bonds is 3. The molecular formula is C15H13ClN4O2. The van der Waals surface area contributed by atoms with Gasteiger partial charge >= 0.3 is 0 Å². The van der Waals surface area contributed by atoms with Gasteiger partial charge in [-0.3, -0.25) is 4.79 Å². The minimum Gasteiger partial charge on any atom is -0.495 e.